The summed E-state index contributed by atoms with van der Waals surface area (Å²) < 4.78 is 31.1. The minimum Gasteiger partial charge on any atom is -0.385 e. The SMILES string of the molecule is COCCC(CN)NC(=O)c1cc(F)ccc1F. The molecule has 6 heteroatoms. The second kappa shape index (κ2) is 7.03. The summed E-state index contributed by atoms with van der Waals surface area (Å²) in [5.74, 6) is -2.11. The Morgan fingerprint density at radius 2 is 2.22 bits per heavy atom. The molecule has 1 amide bonds. The van der Waals surface area contributed by atoms with E-state index in [0.717, 1.165) is 18.2 Å². The van der Waals surface area contributed by atoms with Crippen molar-refractivity contribution in [3.05, 3.63) is 35.4 Å². The second-order valence-electron chi connectivity index (χ2n) is 3.81. The van der Waals surface area contributed by atoms with Crippen molar-refractivity contribution in [1.29, 1.82) is 0 Å². The Morgan fingerprint density at radius 1 is 1.50 bits per heavy atom. The number of rotatable bonds is 6. The molecule has 0 bridgehead atoms. The minimum absolute atomic E-state index is 0.200. The highest BCUT2D eigenvalue weighted by atomic mass is 19.1. The number of nitrogens with two attached hydrogens (primary N) is 1. The van der Waals surface area contributed by atoms with Crippen LogP contribution < -0.4 is 11.1 Å². The predicted molar refractivity (Wildman–Crippen MR) is 63.2 cm³/mol. The van der Waals surface area contributed by atoms with E-state index in [9.17, 15) is 13.6 Å². The van der Waals surface area contributed by atoms with Crippen molar-refractivity contribution in [2.45, 2.75) is 12.5 Å². The van der Waals surface area contributed by atoms with Crippen molar-refractivity contribution in [3.63, 3.8) is 0 Å². The smallest absolute Gasteiger partial charge is 0.254 e. The fraction of sp³-hybridized carbons (Fsp3) is 0.417. The number of ether oxygens (including phenoxy) is 1. The van der Waals surface area contributed by atoms with Crippen LogP contribution in [-0.4, -0.2) is 32.2 Å². The molecule has 18 heavy (non-hydrogen) atoms. The average Bonchev–Trinajstić information content (AvgIpc) is 2.37. The molecular weight excluding hydrogens is 242 g/mol. The maximum absolute atomic E-state index is 13.3. The molecule has 1 aromatic rings. The molecule has 1 aromatic carbocycles. The fourth-order valence-electron chi connectivity index (χ4n) is 1.44. The van der Waals surface area contributed by atoms with Crippen LogP contribution in [0.25, 0.3) is 0 Å². The molecule has 0 aliphatic carbocycles. The Morgan fingerprint density at radius 3 is 2.83 bits per heavy atom. The molecule has 0 aliphatic rings. The van der Waals surface area contributed by atoms with Gasteiger partial charge >= 0.3 is 0 Å². The van der Waals surface area contributed by atoms with E-state index in [1.165, 1.54) is 7.11 Å². The molecule has 0 saturated carbocycles. The Bertz CT molecular complexity index is 413. The molecule has 1 atom stereocenters. The van der Waals surface area contributed by atoms with E-state index in [0.29, 0.717) is 13.0 Å². The average molecular weight is 258 g/mol. The highest BCUT2D eigenvalue weighted by Crippen LogP contribution is 2.10. The van der Waals surface area contributed by atoms with E-state index in [-0.39, 0.29) is 18.2 Å². The Kier molecular flexibility index (Phi) is 5.67. The van der Waals surface area contributed by atoms with Crippen molar-refractivity contribution in [2.24, 2.45) is 5.73 Å². The Labute approximate surface area is 104 Å². The van der Waals surface area contributed by atoms with Gasteiger partial charge in [0.15, 0.2) is 0 Å². The quantitative estimate of drug-likeness (QED) is 0.802. The summed E-state index contributed by atoms with van der Waals surface area (Å²) in [5, 5.41) is 2.54. The molecule has 100 valence electrons. The van der Waals surface area contributed by atoms with Gasteiger partial charge in [-0.1, -0.05) is 0 Å². The molecular formula is C12H16F2N2O2. The van der Waals surface area contributed by atoms with E-state index in [4.69, 9.17) is 10.5 Å². The Hall–Kier alpha value is -1.53. The van der Waals surface area contributed by atoms with Crippen molar-refractivity contribution in [1.82, 2.24) is 5.32 Å². The monoisotopic (exact) mass is 258 g/mol. The molecule has 0 radical (unpaired) electrons. The number of amides is 1. The van der Waals surface area contributed by atoms with E-state index in [1.54, 1.807) is 0 Å². The van der Waals surface area contributed by atoms with Crippen molar-refractivity contribution >= 4 is 5.91 Å². The summed E-state index contributed by atoms with van der Waals surface area (Å²) in [6.45, 7) is 0.625. The lowest BCUT2D eigenvalue weighted by atomic mass is 10.1. The van der Waals surface area contributed by atoms with Gasteiger partial charge in [-0.15, -0.1) is 0 Å². The van der Waals surface area contributed by atoms with Crippen molar-refractivity contribution in [2.75, 3.05) is 20.3 Å². The minimum atomic E-state index is -0.767. The first-order valence-corrected chi connectivity index (χ1v) is 5.53. The highest BCUT2D eigenvalue weighted by molar-refractivity contribution is 5.94. The van der Waals surface area contributed by atoms with Crippen molar-refractivity contribution in [3.8, 4) is 0 Å². The van der Waals surface area contributed by atoms with Crippen LogP contribution in [0.1, 0.15) is 16.8 Å². The number of hydrogen-bond acceptors (Lipinski definition) is 3. The van der Waals surface area contributed by atoms with Crippen LogP contribution in [0.15, 0.2) is 18.2 Å². The normalized spacial score (nSPS) is 12.2. The molecule has 0 saturated heterocycles. The molecule has 0 spiro atoms. The fourth-order valence-corrected chi connectivity index (χ4v) is 1.44. The molecule has 0 fully saturated rings. The van der Waals surface area contributed by atoms with Crippen LogP contribution in [0.3, 0.4) is 0 Å². The molecule has 1 rings (SSSR count). The number of nitrogens with one attached hydrogen (secondary N) is 1. The largest absolute Gasteiger partial charge is 0.385 e. The lowest BCUT2D eigenvalue weighted by molar-refractivity contribution is 0.0922. The lowest BCUT2D eigenvalue weighted by Crippen LogP contribution is -2.41. The van der Waals surface area contributed by atoms with E-state index in [2.05, 4.69) is 5.32 Å². The molecule has 3 N–H and O–H groups in total. The van der Waals surface area contributed by atoms with Gasteiger partial charge in [0.25, 0.3) is 5.91 Å². The number of carbonyl (C=O) groups is 1. The van der Waals surface area contributed by atoms with Gasteiger partial charge in [0.2, 0.25) is 0 Å². The van der Waals surface area contributed by atoms with E-state index in [1.807, 2.05) is 0 Å². The summed E-state index contributed by atoms with van der Waals surface area (Å²) >= 11 is 0. The molecule has 0 aliphatic heterocycles. The van der Waals surface area contributed by atoms with Gasteiger partial charge in [0.1, 0.15) is 11.6 Å². The topological polar surface area (TPSA) is 64.3 Å². The number of benzene rings is 1. The van der Waals surface area contributed by atoms with E-state index < -0.39 is 17.5 Å². The predicted octanol–water partition coefficient (Wildman–Crippen LogP) is 1.06. The summed E-state index contributed by atoms with van der Waals surface area (Å²) in [4.78, 5) is 11.7. The lowest BCUT2D eigenvalue weighted by Gasteiger charge is -2.16. The van der Waals surface area contributed by atoms with Crippen LogP contribution in [0, 0.1) is 11.6 Å². The van der Waals surface area contributed by atoms with Crippen LogP contribution in [0.4, 0.5) is 8.78 Å². The van der Waals surface area contributed by atoms with Gasteiger partial charge in [-0.3, -0.25) is 4.79 Å². The first-order valence-electron chi connectivity index (χ1n) is 5.53. The zero-order valence-electron chi connectivity index (χ0n) is 10.1. The highest BCUT2D eigenvalue weighted by Gasteiger charge is 2.16. The first-order chi connectivity index (χ1) is 8.58. The number of halogens is 2. The maximum atomic E-state index is 13.3. The molecule has 1 unspecified atom stereocenters. The zero-order valence-corrected chi connectivity index (χ0v) is 10.1. The first kappa shape index (κ1) is 14.5. The standard InChI is InChI=1S/C12H16F2N2O2/c1-18-5-4-9(7-15)16-12(17)10-6-8(13)2-3-11(10)14/h2-3,6,9H,4-5,7,15H2,1H3,(H,16,17). The number of hydrogen-bond donors (Lipinski definition) is 2. The van der Waals surface area contributed by atoms with Gasteiger partial charge < -0.3 is 15.8 Å². The van der Waals surface area contributed by atoms with Crippen LogP contribution in [0.2, 0.25) is 0 Å². The van der Waals surface area contributed by atoms with Crippen molar-refractivity contribution < 1.29 is 18.3 Å². The molecule has 0 heterocycles. The third-order valence-corrected chi connectivity index (χ3v) is 2.46. The zero-order chi connectivity index (χ0) is 13.5. The van der Waals surface area contributed by atoms with Gasteiger partial charge in [-0.25, -0.2) is 8.78 Å². The summed E-state index contributed by atoms with van der Waals surface area (Å²) in [6, 6.07) is 2.39. The van der Waals surface area contributed by atoms with Gasteiger partial charge in [-0.2, -0.15) is 0 Å². The third-order valence-electron chi connectivity index (χ3n) is 2.46. The van der Waals surface area contributed by atoms with Gasteiger partial charge in [0, 0.05) is 26.3 Å². The third kappa shape index (κ3) is 4.05. The van der Waals surface area contributed by atoms with Gasteiger partial charge in [-0.05, 0) is 24.6 Å². The maximum Gasteiger partial charge on any atom is 0.254 e. The van der Waals surface area contributed by atoms with E-state index >= 15 is 0 Å². The summed E-state index contributed by atoms with van der Waals surface area (Å²) in [7, 11) is 1.53. The number of methoxy groups -OCH3 is 1. The second-order valence-corrected chi connectivity index (χ2v) is 3.81. The van der Waals surface area contributed by atoms with Crippen LogP contribution in [0.5, 0.6) is 0 Å². The number of carbonyl (C=O) groups excluding carboxylic acids is 1. The van der Waals surface area contributed by atoms with Crippen LogP contribution in [-0.2, 0) is 4.74 Å². The molecule has 4 nitrogen and oxygen atoms in total. The van der Waals surface area contributed by atoms with Gasteiger partial charge in [0.05, 0.1) is 5.56 Å². The Balaban J connectivity index is 2.71. The summed E-state index contributed by atoms with van der Waals surface area (Å²) in [5.41, 5.74) is 5.14. The van der Waals surface area contributed by atoms with Crippen LogP contribution >= 0.6 is 0 Å². The molecule has 0 aromatic heterocycles. The summed E-state index contributed by atoms with van der Waals surface area (Å²) in [6.07, 6.45) is 0.510.